The second kappa shape index (κ2) is 8.02. The van der Waals surface area contributed by atoms with Gasteiger partial charge >= 0.3 is 0 Å². The summed E-state index contributed by atoms with van der Waals surface area (Å²) in [4.78, 5) is 13.3. The number of para-hydroxylation sites is 1. The lowest BCUT2D eigenvalue weighted by atomic mass is 10.1. The largest absolute Gasteiger partial charge is 0.324 e. The highest BCUT2D eigenvalue weighted by molar-refractivity contribution is 6.39. The van der Waals surface area contributed by atoms with Crippen LogP contribution < -0.4 is 10.2 Å². The zero-order chi connectivity index (χ0) is 17.0. The molecule has 0 bridgehead atoms. The summed E-state index contributed by atoms with van der Waals surface area (Å²) < 4.78 is 0. The van der Waals surface area contributed by atoms with Gasteiger partial charge in [-0.15, -0.1) is 0 Å². The van der Waals surface area contributed by atoms with Crippen molar-refractivity contribution >= 4 is 46.4 Å². The van der Waals surface area contributed by atoms with Crippen molar-refractivity contribution in [2.75, 3.05) is 18.9 Å². The van der Waals surface area contributed by atoms with E-state index < -0.39 is 0 Å². The second-order valence-electron chi connectivity index (χ2n) is 5.41. The summed E-state index contributed by atoms with van der Waals surface area (Å²) in [5.41, 5.74) is 1.45. The molecule has 2 aromatic rings. The number of quaternary nitrogens is 1. The molecule has 0 aliphatic rings. The third-order valence-corrected chi connectivity index (χ3v) is 4.75. The first-order valence-electron chi connectivity index (χ1n) is 7.20. The molecule has 2 atom stereocenters. The van der Waals surface area contributed by atoms with Crippen molar-refractivity contribution in [2.24, 2.45) is 0 Å². The molecule has 2 rings (SSSR count). The Morgan fingerprint density at radius 1 is 1.04 bits per heavy atom. The zero-order valence-corrected chi connectivity index (χ0v) is 15.1. The Morgan fingerprint density at radius 3 is 2.22 bits per heavy atom. The van der Waals surface area contributed by atoms with E-state index in [0.717, 1.165) is 10.5 Å². The molecule has 23 heavy (non-hydrogen) atoms. The average Bonchev–Trinajstić information content (AvgIpc) is 2.51. The van der Waals surface area contributed by atoms with Gasteiger partial charge in [0.25, 0.3) is 5.91 Å². The van der Waals surface area contributed by atoms with Crippen molar-refractivity contribution in [3.05, 3.63) is 63.1 Å². The van der Waals surface area contributed by atoms with Crippen LogP contribution in [0.4, 0.5) is 5.69 Å². The summed E-state index contributed by atoms with van der Waals surface area (Å²) in [7, 11) is 1.95. The normalized spacial score (nSPS) is 13.4. The highest BCUT2D eigenvalue weighted by Gasteiger charge is 2.21. The maximum absolute atomic E-state index is 12.3. The SMILES string of the molecule is C[C@@H](c1ccccc1Cl)[NH+](C)CC(=O)Nc1c(Cl)cccc1Cl. The maximum Gasteiger partial charge on any atom is 0.279 e. The smallest absolute Gasteiger partial charge is 0.279 e. The number of anilines is 1. The van der Waals surface area contributed by atoms with Gasteiger partial charge in [-0.25, -0.2) is 0 Å². The third kappa shape index (κ3) is 4.61. The fourth-order valence-corrected chi connectivity index (χ4v) is 3.09. The second-order valence-corrected chi connectivity index (χ2v) is 6.63. The fraction of sp³-hybridized carbons (Fsp3) is 0.235. The summed E-state index contributed by atoms with van der Waals surface area (Å²) in [6.07, 6.45) is 0. The number of benzene rings is 2. The molecule has 0 saturated heterocycles. The minimum Gasteiger partial charge on any atom is -0.324 e. The number of amides is 1. The molecule has 0 aromatic heterocycles. The molecular weight excluding hydrogens is 355 g/mol. The molecule has 0 spiro atoms. The molecule has 0 radical (unpaired) electrons. The lowest BCUT2D eigenvalue weighted by molar-refractivity contribution is -0.902. The van der Waals surface area contributed by atoms with E-state index in [2.05, 4.69) is 5.32 Å². The molecule has 0 aliphatic carbocycles. The number of hydrogen-bond acceptors (Lipinski definition) is 1. The molecule has 0 fully saturated rings. The molecule has 0 aliphatic heterocycles. The summed E-state index contributed by atoms with van der Waals surface area (Å²) in [6.45, 7) is 2.31. The summed E-state index contributed by atoms with van der Waals surface area (Å²) in [5.74, 6) is -0.156. The van der Waals surface area contributed by atoms with Crippen molar-refractivity contribution < 1.29 is 9.69 Å². The predicted molar refractivity (Wildman–Crippen MR) is 96.7 cm³/mol. The Kier molecular flexibility index (Phi) is 6.31. The highest BCUT2D eigenvalue weighted by atomic mass is 35.5. The lowest BCUT2D eigenvalue weighted by Gasteiger charge is -2.22. The number of nitrogens with one attached hydrogen (secondary N) is 2. The number of hydrogen-bond donors (Lipinski definition) is 2. The number of rotatable bonds is 5. The molecular formula is C17H18Cl3N2O+. The van der Waals surface area contributed by atoms with Gasteiger partial charge in [0, 0.05) is 10.6 Å². The van der Waals surface area contributed by atoms with E-state index in [9.17, 15) is 4.79 Å². The molecule has 0 heterocycles. The standard InChI is InChI=1S/C17H17Cl3N2O/c1-11(12-6-3-4-7-13(12)18)22(2)10-16(23)21-17-14(19)8-5-9-15(17)20/h3-9,11H,10H2,1-2H3,(H,21,23)/p+1/t11-/m0/s1. The summed E-state index contributed by atoms with van der Waals surface area (Å²) in [6, 6.07) is 12.8. The minimum atomic E-state index is -0.156. The quantitative estimate of drug-likeness (QED) is 0.821. The maximum atomic E-state index is 12.3. The van der Waals surface area contributed by atoms with Gasteiger partial charge in [-0.3, -0.25) is 4.79 Å². The van der Waals surface area contributed by atoms with Crippen LogP contribution >= 0.6 is 34.8 Å². The molecule has 122 valence electrons. The summed E-state index contributed by atoms with van der Waals surface area (Å²) in [5, 5.41) is 4.31. The van der Waals surface area contributed by atoms with Crippen LogP contribution in [0.5, 0.6) is 0 Å². The number of carbonyl (C=O) groups is 1. The van der Waals surface area contributed by atoms with Crippen LogP contribution in [-0.2, 0) is 4.79 Å². The van der Waals surface area contributed by atoms with E-state index in [1.54, 1.807) is 18.2 Å². The minimum absolute atomic E-state index is 0.0798. The number of carbonyl (C=O) groups excluding carboxylic acids is 1. The zero-order valence-electron chi connectivity index (χ0n) is 12.9. The van der Waals surface area contributed by atoms with Crippen molar-refractivity contribution in [2.45, 2.75) is 13.0 Å². The summed E-state index contributed by atoms with van der Waals surface area (Å²) >= 11 is 18.4. The van der Waals surface area contributed by atoms with Gasteiger partial charge in [0.1, 0.15) is 6.04 Å². The molecule has 0 saturated carbocycles. The topological polar surface area (TPSA) is 33.5 Å². The van der Waals surface area contributed by atoms with Gasteiger partial charge in [0.05, 0.1) is 22.8 Å². The first-order chi connectivity index (χ1) is 10.9. The van der Waals surface area contributed by atoms with Gasteiger partial charge in [-0.1, -0.05) is 59.1 Å². The van der Waals surface area contributed by atoms with Crippen LogP contribution in [0.25, 0.3) is 0 Å². The molecule has 1 amide bonds. The van der Waals surface area contributed by atoms with Crippen LogP contribution in [0, 0.1) is 0 Å². The van der Waals surface area contributed by atoms with Crippen molar-refractivity contribution in [3.63, 3.8) is 0 Å². The first kappa shape index (κ1) is 18.1. The van der Waals surface area contributed by atoms with Gasteiger partial charge < -0.3 is 10.2 Å². The third-order valence-electron chi connectivity index (χ3n) is 3.78. The van der Waals surface area contributed by atoms with E-state index in [0.29, 0.717) is 20.8 Å². The molecule has 2 N–H and O–H groups in total. The van der Waals surface area contributed by atoms with Crippen molar-refractivity contribution in [1.82, 2.24) is 0 Å². The number of likely N-dealkylation sites (N-methyl/N-ethyl adjacent to an activating group) is 1. The Labute approximate surface area is 151 Å². The Morgan fingerprint density at radius 2 is 1.61 bits per heavy atom. The average molecular weight is 373 g/mol. The van der Waals surface area contributed by atoms with Crippen LogP contribution in [0.2, 0.25) is 15.1 Å². The monoisotopic (exact) mass is 371 g/mol. The van der Waals surface area contributed by atoms with E-state index in [1.807, 2.05) is 38.2 Å². The predicted octanol–water partition coefficient (Wildman–Crippen LogP) is 3.86. The van der Waals surface area contributed by atoms with E-state index >= 15 is 0 Å². The number of halogens is 3. The molecule has 6 heteroatoms. The highest BCUT2D eigenvalue weighted by Crippen LogP contribution is 2.29. The van der Waals surface area contributed by atoms with E-state index in [-0.39, 0.29) is 18.5 Å². The Balaban J connectivity index is 2.04. The molecule has 3 nitrogen and oxygen atoms in total. The van der Waals surface area contributed by atoms with Crippen LogP contribution in [0.1, 0.15) is 18.5 Å². The van der Waals surface area contributed by atoms with Crippen molar-refractivity contribution in [3.8, 4) is 0 Å². The fourth-order valence-electron chi connectivity index (χ4n) is 2.30. The molecule has 2 aromatic carbocycles. The van der Waals surface area contributed by atoms with E-state index in [1.165, 1.54) is 0 Å². The van der Waals surface area contributed by atoms with Gasteiger partial charge in [-0.2, -0.15) is 0 Å². The van der Waals surface area contributed by atoms with Gasteiger partial charge in [0.15, 0.2) is 6.54 Å². The first-order valence-corrected chi connectivity index (χ1v) is 8.34. The van der Waals surface area contributed by atoms with Gasteiger partial charge in [0.2, 0.25) is 0 Å². The molecule has 1 unspecified atom stereocenters. The van der Waals surface area contributed by atoms with Crippen LogP contribution in [0.3, 0.4) is 0 Å². The van der Waals surface area contributed by atoms with Gasteiger partial charge in [-0.05, 0) is 25.1 Å². The van der Waals surface area contributed by atoms with E-state index in [4.69, 9.17) is 34.8 Å². The van der Waals surface area contributed by atoms with Crippen molar-refractivity contribution in [1.29, 1.82) is 0 Å². The Bertz CT molecular complexity index is 686. The van der Waals surface area contributed by atoms with Crippen LogP contribution in [0.15, 0.2) is 42.5 Å². The van der Waals surface area contributed by atoms with Crippen LogP contribution in [-0.4, -0.2) is 19.5 Å². The lowest BCUT2D eigenvalue weighted by Crippen LogP contribution is -3.10. The Hall–Kier alpha value is -1.26.